The van der Waals surface area contributed by atoms with Crippen LogP contribution in [0.1, 0.15) is 0 Å². The van der Waals surface area contributed by atoms with Gasteiger partial charge in [0.25, 0.3) is 5.78 Å². The Morgan fingerprint density at radius 1 is 1.33 bits per heavy atom. The van der Waals surface area contributed by atoms with Crippen LogP contribution in [0.2, 0.25) is 0 Å². The van der Waals surface area contributed by atoms with E-state index in [-0.39, 0.29) is 0 Å². The highest BCUT2D eigenvalue weighted by Gasteiger charge is 2.35. The van der Waals surface area contributed by atoms with Crippen LogP contribution in [-0.4, -0.2) is 19.0 Å². The summed E-state index contributed by atoms with van der Waals surface area (Å²) < 4.78 is 34.6. The normalized spacial score (nSPS) is 12.7. The summed E-state index contributed by atoms with van der Waals surface area (Å²) in [7, 11) is 1.59. The summed E-state index contributed by atoms with van der Waals surface area (Å²) in [6.45, 7) is 0. The largest absolute Gasteiger partial charge is 0.454 e. The molecule has 0 aliphatic heterocycles. The lowest BCUT2D eigenvalue weighted by Crippen LogP contribution is -2.19. The smallest absolute Gasteiger partial charge is 0.394 e. The molecule has 0 fully saturated rings. The molecule has 0 amide bonds. The first-order valence-electron chi connectivity index (χ1n) is 3.10. The van der Waals surface area contributed by atoms with Gasteiger partial charge in [0.15, 0.2) is 0 Å². The van der Waals surface area contributed by atoms with Gasteiger partial charge < -0.3 is 5.32 Å². The van der Waals surface area contributed by atoms with Crippen LogP contribution in [0.5, 0.6) is 0 Å². The maximum atomic E-state index is 11.5. The highest BCUT2D eigenvalue weighted by atomic mass is 19.4. The van der Waals surface area contributed by atoms with Gasteiger partial charge in [-0.25, -0.2) is 0 Å². The van der Waals surface area contributed by atoms with Crippen molar-refractivity contribution in [1.82, 2.24) is 5.32 Å². The second-order valence-electron chi connectivity index (χ2n) is 1.87. The van der Waals surface area contributed by atoms with Gasteiger partial charge in [0.2, 0.25) is 0 Å². The molecule has 0 aromatic carbocycles. The highest BCUT2D eigenvalue weighted by Crippen LogP contribution is 2.16. The molecule has 0 atom stereocenters. The molecule has 0 bridgehead atoms. The van der Waals surface area contributed by atoms with Crippen LogP contribution in [0, 0.1) is 0 Å². The monoisotopic (exact) mass is 179 g/mol. The number of carbonyl (C=O) groups is 1. The fourth-order valence-electron chi connectivity index (χ4n) is 0.389. The SMILES string of the molecule is CN/C=C/C=C/C(=O)C(F)(F)F. The van der Waals surface area contributed by atoms with Crippen molar-refractivity contribution in [1.29, 1.82) is 0 Å². The van der Waals surface area contributed by atoms with E-state index in [1.165, 1.54) is 12.3 Å². The van der Waals surface area contributed by atoms with Crippen molar-refractivity contribution in [2.24, 2.45) is 0 Å². The van der Waals surface area contributed by atoms with Crippen LogP contribution < -0.4 is 5.32 Å². The predicted octanol–water partition coefficient (Wildman–Crippen LogP) is 1.41. The maximum Gasteiger partial charge on any atom is 0.454 e. The van der Waals surface area contributed by atoms with E-state index >= 15 is 0 Å². The fourth-order valence-corrected chi connectivity index (χ4v) is 0.389. The number of allylic oxidation sites excluding steroid dienone is 3. The van der Waals surface area contributed by atoms with Gasteiger partial charge in [0.05, 0.1) is 0 Å². The number of carbonyl (C=O) groups excluding carboxylic acids is 1. The van der Waals surface area contributed by atoms with Crippen LogP contribution in [0.3, 0.4) is 0 Å². The summed E-state index contributed by atoms with van der Waals surface area (Å²) in [6, 6.07) is 0. The Labute approximate surface area is 67.8 Å². The van der Waals surface area contributed by atoms with Crippen LogP contribution >= 0.6 is 0 Å². The highest BCUT2D eigenvalue weighted by molar-refractivity contribution is 5.94. The average molecular weight is 179 g/mol. The minimum absolute atomic E-state index is 0.466. The van der Waals surface area contributed by atoms with Gasteiger partial charge in [0.1, 0.15) is 0 Å². The van der Waals surface area contributed by atoms with E-state index in [0.29, 0.717) is 6.08 Å². The van der Waals surface area contributed by atoms with Gasteiger partial charge in [-0.15, -0.1) is 0 Å². The van der Waals surface area contributed by atoms with Gasteiger partial charge in [-0.05, 0) is 18.4 Å². The molecule has 0 aromatic heterocycles. The second-order valence-corrected chi connectivity index (χ2v) is 1.87. The van der Waals surface area contributed by atoms with Gasteiger partial charge in [-0.1, -0.05) is 6.08 Å². The third-order valence-electron chi connectivity index (χ3n) is 0.901. The van der Waals surface area contributed by atoms with E-state index < -0.39 is 12.0 Å². The number of nitrogens with one attached hydrogen (secondary N) is 1. The summed E-state index contributed by atoms with van der Waals surface area (Å²) in [4.78, 5) is 10.2. The number of hydrogen-bond acceptors (Lipinski definition) is 2. The van der Waals surface area contributed by atoms with E-state index in [2.05, 4.69) is 5.32 Å². The number of alkyl halides is 3. The van der Waals surface area contributed by atoms with Crippen LogP contribution in [-0.2, 0) is 4.79 Å². The molecule has 0 saturated carbocycles. The molecular formula is C7H8F3NO. The predicted molar refractivity (Wildman–Crippen MR) is 38.4 cm³/mol. The van der Waals surface area contributed by atoms with Gasteiger partial charge in [0, 0.05) is 7.05 Å². The van der Waals surface area contributed by atoms with Crippen molar-refractivity contribution in [2.75, 3.05) is 7.05 Å². The summed E-state index contributed by atoms with van der Waals surface area (Å²) in [5.74, 6) is -1.86. The molecule has 5 heteroatoms. The van der Waals surface area contributed by atoms with Crippen molar-refractivity contribution in [2.45, 2.75) is 6.18 Å². The number of rotatable bonds is 3. The van der Waals surface area contributed by atoms with Gasteiger partial charge in [-0.3, -0.25) is 4.79 Å². The third kappa shape index (κ3) is 4.54. The van der Waals surface area contributed by atoms with Crippen molar-refractivity contribution < 1.29 is 18.0 Å². The zero-order valence-corrected chi connectivity index (χ0v) is 6.35. The van der Waals surface area contributed by atoms with Crippen molar-refractivity contribution in [3.8, 4) is 0 Å². The van der Waals surface area contributed by atoms with Crippen LogP contribution in [0.15, 0.2) is 24.4 Å². The molecule has 0 radical (unpaired) electrons. The van der Waals surface area contributed by atoms with Crippen molar-refractivity contribution >= 4 is 5.78 Å². The maximum absolute atomic E-state index is 11.5. The lowest BCUT2D eigenvalue weighted by Gasteiger charge is -1.97. The van der Waals surface area contributed by atoms with E-state index in [1.54, 1.807) is 7.05 Å². The summed E-state index contributed by atoms with van der Waals surface area (Å²) in [6.07, 6.45) is -0.589. The van der Waals surface area contributed by atoms with Gasteiger partial charge >= 0.3 is 6.18 Å². The van der Waals surface area contributed by atoms with E-state index in [1.807, 2.05) is 0 Å². The van der Waals surface area contributed by atoms with Crippen LogP contribution in [0.4, 0.5) is 13.2 Å². The summed E-state index contributed by atoms with van der Waals surface area (Å²) in [5.41, 5.74) is 0. The summed E-state index contributed by atoms with van der Waals surface area (Å²) in [5, 5.41) is 2.56. The summed E-state index contributed by atoms with van der Waals surface area (Å²) >= 11 is 0. The molecule has 12 heavy (non-hydrogen) atoms. The molecule has 0 aromatic rings. The van der Waals surface area contributed by atoms with Crippen LogP contribution in [0.25, 0.3) is 0 Å². The number of halogens is 3. The molecule has 0 spiro atoms. The Morgan fingerprint density at radius 2 is 1.92 bits per heavy atom. The van der Waals surface area contributed by atoms with Crippen molar-refractivity contribution in [3.63, 3.8) is 0 Å². The zero-order valence-electron chi connectivity index (χ0n) is 6.35. The number of ketones is 1. The second kappa shape index (κ2) is 4.58. The molecule has 2 nitrogen and oxygen atoms in total. The molecular weight excluding hydrogens is 171 g/mol. The minimum Gasteiger partial charge on any atom is -0.394 e. The molecule has 0 aliphatic carbocycles. The first kappa shape index (κ1) is 10.7. The topological polar surface area (TPSA) is 29.1 Å². The van der Waals surface area contributed by atoms with Crippen molar-refractivity contribution in [3.05, 3.63) is 24.4 Å². The Bertz CT molecular complexity index is 205. The Morgan fingerprint density at radius 3 is 2.33 bits per heavy atom. The Balaban J connectivity index is 4.01. The Hall–Kier alpha value is -1.26. The zero-order chi connectivity index (χ0) is 9.61. The first-order chi connectivity index (χ1) is 5.48. The average Bonchev–Trinajstić information content (AvgIpc) is 1.96. The molecule has 0 aliphatic rings. The van der Waals surface area contributed by atoms with E-state index in [4.69, 9.17) is 0 Å². The molecule has 0 saturated heterocycles. The lowest BCUT2D eigenvalue weighted by molar-refractivity contribution is -0.165. The quantitative estimate of drug-likeness (QED) is 0.524. The Kier molecular flexibility index (Phi) is 4.10. The number of hydrogen-bond donors (Lipinski definition) is 1. The molecule has 0 unspecified atom stereocenters. The standard InChI is InChI=1S/C7H8F3NO/c1-11-5-3-2-4-6(12)7(8,9)10/h2-5,11H,1H3/b4-2+,5-3+. The lowest BCUT2D eigenvalue weighted by atomic mass is 10.3. The minimum atomic E-state index is -4.77. The van der Waals surface area contributed by atoms with Gasteiger partial charge in [-0.2, -0.15) is 13.2 Å². The molecule has 0 heterocycles. The first-order valence-corrected chi connectivity index (χ1v) is 3.10. The molecule has 1 N–H and O–H groups in total. The molecule has 0 rings (SSSR count). The van der Waals surface area contributed by atoms with E-state index in [9.17, 15) is 18.0 Å². The fraction of sp³-hybridized carbons (Fsp3) is 0.286. The van der Waals surface area contributed by atoms with E-state index in [0.717, 1.165) is 6.08 Å². The molecule has 68 valence electrons. The third-order valence-corrected chi connectivity index (χ3v) is 0.901.